The van der Waals surface area contributed by atoms with Crippen LogP contribution in [0.25, 0.3) is 0 Å². The fourth-order valence-corrected chi connectivity index (χ4v) is 12.3. The topological polar surface area (TPSA) is 539 Å². The first-order chi connectivity index (χ1) is 46.7. The summed E-state index contributed by atoms with van der Waals surface area (Å²) in [6.45, 7) is 3.20. The van der Waals surface area contributed by atoms with E-state index in [1.807, 2.05) is 0 Å². The molecule has 556 valence electrons. The zero-order valence-electron chi connectivity index (χ0n) is 55.0. The summed E-state index contributed by atoms with van der Waals surface area (Å²) in [5.41, 5.74) is 0.0314. The Morgan fingerprint density at radius 3 is 1.34 bits per heavy atom. The number of unbranched alkanes of at least 4 members (excludes halogenated alkanes) is 5. The number of rotatable bonds is 29. The molecule has 98 heavy (non-hydrogen) atoms. The molecule has 7 rings (SSSR count). The monoisotopic (exact) mass is 1410 g/mol. The quantitative estimate of drug-likeness (QED) is 0.0262. The summed E-state index contributed by atoms with van der Waals surface area (Å²) >= 11 is 0. The second-order valence-corrected chi connectivity index (χ2v) is 24.9. The van der Waals surface area contributed by atoms with Gasteiger partial charge in [-0.3, -0.25) is 24.0 Å². The van der Waals surface area contributed by atoms with E-state index in [9.17, 15) is 95.5 Å². The van der Waals surface area contributed by atoms with E-state index in [0.29, 0.717) is 18.6 Å². The average Bonchev–Trinajstić information content (AvgIpc) is 0.772. The lowest BCUT2D eigenvalue weighted by Gasteiger charge is -2.51. The summed E-state index contributed by atoms with van der Waals surface area (Å²) < 4.78 is 71.9. The molecule has 0 aromatic heterocycles. The van der Waals surface area contributed by atoms with Crippen LogP contribution < -0.4 is 31.3 Å². The van der Waals surface area contributed by atoms with Crippen molar-refractivity contribution in [3.8, 4) is 17.6 Å². The van der Waals surface area contributed by atoms with Crippen LogP contribution in [0.4, 0.5) is 0 Å². The number of benzene rings is 1. The van der Waals surface area contributed by atoms with Gasteiger partial charge in [0.1, 0.15) is 146 Å². The lowest BCUT2D eigenvalue weighted by Crippen LogP contribution is -2.72. The maximum atomic E-state index is 13.9. The predicted octanol–water partition coefficient (Wildman–Crippen LogP) is -7.93. The van der Waals surface area contributed by atoms with E-state index in [4.69, 9.17) is 56.8 Å². The van der Waals surface area contributed by atoms with Gasteiger partial charge in [0, 0.05) is 46.1 Å². The van der Waals surface area contributed by atoms with Crippen LogP contribution in [-0.4, -0.2) is 325 Å². The van der Waals surface area contributed by atoms with Crippen molar-refractivity contribution in [2.75, 3.05) is 39.6 Å². The first kappa shape index (κ1) is 80.2. The lowest BCUT2D eigenvalue weighted by atomic mass is 9.93. The van der Waals surface area contributed by atoms with Gasteiger partial charge in [-0.05, 0) is 38.0 Å². The van der Waals surface area contributed by atoms with Gasteiger partial charge >= 0.3 is 0 Å². The van der Waals surface area contributed by atoms with E-state index >= 15 is 0 Å². The zero-order chi connectivity index (χ0) is 71.8. The molecule has 1 aromatic rings. The third-order valence-electron chi connectivity index (χ3n) is 17.4. The molecular formula is C62H97N5O31. The van der Waals surface area contributed by atoms with Crippen molar-refractivity contribution in [2.45, 2.75) is 270 Å². The highest BCUT2D eigenvalue weighted by Crippen LogP contribution is 2.37. The van der Waals surface area contributed by atoms with Crippen molar-refractivity contribution >= 4 is 29.5 Å². The number of aliphatic hydroxyl groups is 14. The highest BCUT2D eigenvalue weighted by molar-refractivity contribution is 5.94. The van der Waals surface area contributed by atoms with E-state index < -0.39 is 246 Å². The number of ether oxygens (including phenoxy) is 12. The number of nitrogens with one attached hydrogen (secondary N) is 5. The number of hydrogen-bond acceptors (Lipinski definition) is 31. The van der Waals surface area contributed by atoms with E-state index in [-0.39, 0.29) is 12.2 Å². The number of hydrogen-bond donors (Lipinski definition) is 19. The summed E-state index contributed by atoms with van der Waals surface area (Å²) in [6.07, 6.45) is -38.5. The number of carbonyl (C=O) groups excluding carboxylic acids is 5. The molecule has 30 atom stereocenters. The predicted molar refractivity (Wildman–Crippen MR) is 327 cm³/mol. The third kappa shape index (κ3) is 20.4. The first-order valence-corrected chi connectivity index (χ1v) is 32.6. The van der Waals surface area contributed by atoms with Crippen molar-refractivity contribution in [3.63, 3.8) is 0 Å². The second kappa shape index (κ2) is 37.7. The summed E-state index contributed by atoms with van der Waals surface area (Å²) in [6, 6.07) is -2.60. The summed E-state index contributed by atoms with van der Waals surface area (Å²) in [4.78, 5) is 65.0. The van der Waals surface area contributed by atoms with Gasteiger partial charge in [0.25, 0.3) is 5.91 Å². The smallest absolute Gasteiger partial charge is 0.251 e. The Morgan fingerprint density at radius 2 is 0.878 bits per heavy atom. The van der Waals surface area contributed by atoms with Crippen LogP contribution in [-0.2, 0) is 71.3 Å². The Labute approximate surface area is 564 Å². The second-order valence-electron chi connectivity index (χ2n) is 24.9. The minimum Gasteiger partial charge on any atom is -0.494 e. The van der Waals surface area contributed by atoms with E-state index in [2.05, 4.69) is 45.3 Å². The SMILES string of the molecule is CCCCCCC#CCCCOc1cccc(C(=O)N[C@@H]2C(O[C@@H]3C(CO)O[C@@H](OC4C(CO)O[C@@H](O[C@@H]5C(CO)OC(OC6C(CO[C@@H]7OC(C)[C@@H](O)[C@@H](O)C7O)O[C@@H](O)[C@@H](NC(C)=O)[C@H]6O)C(NC(C)=O)C5O)[C@@H](NC(C)=O)[C@H]4O)C(NC(C)=O)C3O)OC(CO)[C@@H](O)[C@@H]2O)c1. The van der Waals surface area contributed by atoms with Gasteiger partial charge in [-0.15, -0.1) is 11.8 Å². The molecule has 0 spiro atoms. The van der Waals surface area contributed by atoms with Crippen LogP contribution in [0.3, 0.4) is 0 Å². The fourth-order valence-electron chi connectivity index (χ4n) is 12.3. The van der Waals surface area contributed by atoms with Crippen LogP contribution in [0.5, 0.6) is 5.75 Å². The molecule has 1 aromatic carbocycles. The number of amides is 5. The van der Waals surface area contributed by atoms with E-state index in [0.717, 1.165) is 59.8 Å². The molecule has 0 saturated carbocycles. The van der Waals surface area contributed by atoms with Crippen molar-refractivity contribution < 1.29 is 152 Å². The summed E-state index contributed by atoms with van der Waals surface area (Å²) in [5.74, 6) is 2.53. The standard InChI is InChI=1S/C62H97N5O31/c1-7-8-9-10-11-12-13-14-15-19-87-32-18-16-17-31(20-32)56(85)67-39-45(78)44(77)33(21-68)91-58(39)95-52-34(22-69)92-59(40(47(52)80)64-28(4)73)96-53-35(23-70)93-60(41(48(53)81)65-29(5)74)97-54-36(24-71)94-61(42(49(54)82)66-30(6)75)98-55-37(90-57(86)38(46(55)79)63-27(3)72)25-88-62-51(84)50(83)43(76)26(2)89-62/h16-18,20,26,33-55,57-62,68-71,76-84,86H,7-11,14-15,19,21-25H2,1-6H3,(H,63,72)(H,64,73)(H,65,74)(H,66,75)(H,67,85)/t26?,33?,34?,35?,36?,37?,38-,39-,40?,41-,42?,43+,44+,45+,46+,47?,48+,49?,50+,51?,52+,53?,54+,55?,57+,58?,59-,60-,61?,62+/m0/s1. The van der Waals surface area contributed by atoms with Crippen molar-refractivity contribution in [1.82, 2.24) is 26.6 Å². The van der Waals surface area contributed by atoms with Gasteiger partial charge in [0.2, 0.25) is 23.6 Å². The molecule has 36 nitrogen and oxygen atoms in total. The molecular weight excluding hydrogens is 1310 g/mol. The van der Waals surface area contributed by atoms with Crippen LogP contribution in [0.1, 0.15) is 96.8 Å². The maximum absolute atomic E-state index is 13.9. The molecule has 0 bridgehead atoms. The fraction of sp³-hybridized carbons (Fsp3) is 0.790. The Kier molecular flexibility index (Phi) is 30.9. The molecule has 19 N–H and O–H groups in total. The lowest BCUT2D eigenvalue weighted by molar-refractivity contribution is -0.368. The highest BCUT2D eigenvalue weighted by atomic mass is 16.8. The molecule has 6 heterocycles. The van der Waals surface area contributed by atoms with Crippen LogP contribution in [0, 0.1) is 11.8 Å². The van der Waals surface area contributed by atoms with Gasteiger partial charge in [0.15, 0.2) is 37.7 Å². The van der Waals surface area contributed by atoms with Gasteiger partial charge in [-0.1, -0.05) is 32.3 Å². The van der Waals surface area contributed by atoms with Crippen molar-refractivity contribution in [1.29, 1.82) is 0 Å². The molecule has 6 aliphatic heterocycles. The Bertz CT molecular complexity index is 2770. The minimum atomic E-state index is -2.08. The third-order valence-corrected chi connectivity index (χ3v) is 17.4. The van der Waals surface area contributed by atoms with Crippen molar-refractivity contribution in [2.24, 2.45) is 0 Å². The average molecular weight is 1410 g/mol. The van der Waals surface area contributed by atoms with Crippen LogP contribution in [0.15, 0.2) is 24.3 Å². The largest absolute Gasteiger partial charge is 0.494 e. The molecule has 6 aliphatic rings. The van der Waals surface area contributed by atoms with E-state index in [1.165, 1.54) is 19.1 Å². The number of carbonyl (C=O) groups is 5. The molecule has 15 unspecified atom stereocenters. The minimum absolute atomic E-state index is 0.0314. The van der Waals surface area contributed by atoms with Crippen LogP contribution in [0.2, 0.25) is 0 Å². The maximum Gasteiger partial charge on any atom is 0.251 e. The highest BCUT2D eigenvalue weighted by Gasteiger charge is 2.58. The normalized spacial score (nSPS) is 39.6. The Balaban J connectivity index is 1.07. The molecule has 6 fully saturated rings. The van der Waals surface area contributed by atoms with Gasteiger partial charge in [0.05, 0.1) is 45.7 Å². The van der Waals surface area contributed by atoms with Gasteiger partial charge in [-0.2, -0.15) is 0 Å². The molecule has 0 aliphatic carbocycles. The molecule has 36 heteroatoms. The molecule has 5 amide bonds. The number of aliphatic hydroxyl groups excluding tert-OH is 14. The van der Waals surface area contributed by atoms with Crippen molar-refractivity contribution in [3.05, 3.63) is 29.8 Å². The Hall–Kier alpha value is -5.07. The zero-order valence-corrected chi connectivity index (χ0v) is 55.0. The van der Waals surface area contributed by atoms with Gasteiger partial charge < -0.3 is 155 Å². The van der Waals surface area contributed by atoms with Crippen LogP contribution >= 0.6 is 0 Å². The first-order valence-electron chi connectivity index (χ1n) is 32.6. The summed E-state index contributed by atoms with van der Waals surface area (Å²) in [7, 11) is 0. The molecule has 6 saturated heterocycles. The van der Waals surface area contributed by atoms with E-state index in [1.54, 1.807) is 12.1 Å². The summed E-state index contributed by atoms with van der Waals surface area (Å²) in [5, 5.41) is 168. The Morgan fingerprint density at radius 1 is 0.449 bits per heavy atom. The molecule has 0 radical (unpaired) electrons. The van der Waals surface area contributed by atoms with Gasteiger partial charge in [-0.25, -0.2) is 0 Å².